The number of ether oxygens (including phenoxy) is 1. The Morgan fingerprint density at radius 3 is 2.17 bits per heavy atom. The summed E-state index contributed by atoms with van der Waals surface area (Å²) in [4.78, 5) is 25.1. The molecule has 0 radical (unpaired) electrons. The zero-order chi connectivity index (χ0) is 21.1. The summed E-state index contributed by atoms with van der Waals surface area (Å²) in [6.07, 6.45) is 1.03. The number of hydrogen-bond acceptors (Lipinski definition) is 4. The topological polar surface area (TPSA) is 77.0 Å². The molecule has 0 fully saturated rings. The molecule has 1 heterocycles. The molecular weight excluding hydrogens is 425 g/mol. The number of nitrogens with one attached hydrogen (secondary N) is 1. The Morgan fingerprint density at radius 2 is 1.53 bits per heavy atom. The number of aromatic nitrogens is 3. The molecule has 0 aliphatic heterocycles. The van der Waals surface area contributed by atoms with E-state index in [4.69, 9.17) is 27.9 Å². The molecule has 0 spiro atoms. The van der Waals surface area contributed by atoms with Crippen LogP contribution in [0.2, 0.25) is 10.0 Å². The summed E-state index contributed by atoms with van der Waals surface area (Å²) < 4.78 is 6.98. The maximum Gasteiger partial charge on any atom is 0.345 e. The van der Waals surface area contributed by atoms with Gasteiger partial charge in [0.2, 0.25) is 0 Å². The van der Waals surface area contributed by atoms with Gasteiger partial charge in [0, 0.05) is 0 Å². The second-order valence-corrected chi connectivity index (χ2v) is 7.29. The highest BCUT2D eigenvalue weighted by Gasteiger charge is 2.12. The average Bonchev–Trinajstić information content (AvgIpc) is 2.74. The summed E-state index contributed by atoms with van der Waals surface area (Å²) in [6, 6.07) is 20.9. The van der Waals surface area contributed by atoms with Crippen LogP contribution in [0.5, 0.6) is 11.5 Å². The van der Waals surface area contributed by atoms with Gasteiger partial charge in [-0.25, -0.2) is 9.48 Å². The van der Waals surface area contributed by atoms with E-state index >= 15 is 0 Å². The van der Waals surface area contributed by atoms with Crippen molar-refractivity contribution >= 4 is 23.2 Å². The van der Waals surface area contributed by atoms with Gasteiger partial charge in [-0.15, -0.1) is 0 Å². The Hall–Kier alpha value is -3.35. The van der Waals surface area contributed by atoms with Gasteiger partial charge in [0.15, 0.2) is 5.75 Å². The molecule has 1 aromatic heterocycles. The van der Waals surface area contributed by atoms with E-state index < -0.39 is 11.2 Å². The molecule has 0 aliphatic carbocycles. The van der Waals surface area contributed by atoms with Gasteiger partial charge in [-0.05, 0) is 41.0 Å². The van der Waals surface area contributed by atoms with Crippen LogP contribution >= 0.6 is 23.2 Å². The van der Waals surface area contributed by atoms with Gasteiger partial charge in [0.25, 0.3) is 5.56 Å². The summed E-state index contributed by atoms with van der Waals surface area (Å²) in [5, 5.41) is 4.39. The largest absolute Gasteiger partial charge is 0.454 e. The number of hydrogen-bond donors (Lipinski definition) is 1. The van der Waals surface area contributed by atoms with Crippen LogP contribution < -0.4 is 16.0 Å². The number of H-pyrrole nitrogens is 1. The van der Waals surface area contributed by atoms with Gasteiger partial charge in [-0.3, -0.25) is 9.78 Å². The smallest absolute Gasteiger partial charge is 0.345 e. The molecule has 4 rings (SSSR count). The second kappa shape index (κ2) is 8.57. The van der Waals surface area contributed by atoms with E-state index in [0.29, 0.717) is 27.1 Å². The van der Waals surface area contributed by atoms with Gasteiger partial charge in [0.05, 0.1) is 16.6 Å². The number of rotatable bonds is 5. The third-order valence-corrected chi connectivity index (χ3v) is 4.91. The minimum absolute atomic E-state index is 0.0983. The van der Waals surface area contributed by atoms with E-state index in [1.807, 2.05) is 54.6 Å². The fourth-order valence-electron chi connectivity index (χ4n) is 2.93. The Morgan fingerprint density at radius 1 is 0.900 bits per heavy atom. The number of benzene rings is 3. The fourth-order valence-corrected chi connectivity index (χ4v) is 3.54. The van der Waals surface area contributed by atoms with Crippen LogP contribution in [0.4, 0.5) is 0 Å². The first-order valence-corrected chi connectivity index (χ1v) is 9.73. The van der Waals surface area contributed by atoms with Crippen molar-refractivity contribution in [2.45, 2.75) is 6.54 Å². The molecule has 0 saturated carbocycles. The number of nitrogens with zero attached hydrogens (tertiary/aromatic N) is 2. The molecule has 4 aromatic rings. The second-order valence-electron chi connectivity index (χ2n) is 6.48. The molecule has 8 heteroatoms. The molecule has 0 saturated heterocycles. The van der Waals surface area contributed by atoms with Gasteiger partial charge >= 0.3 is 5.69 Å². The highest BCUT2D eigenvalue weighted by molar-refractivity contribution is 6.37. The van der Waals surface area contributed by atoms with Gasteiger partial charge in [0.1, 0.15) is 11.9 Å². The lowest BCUT2D eigenvalue weighted by atomic mass is 10.1. The number of halogens is 2. The molecule has 3 aromatic carbocycles. The first kappa shape index (κ1) is 19.9. The molecule has 0 amide bonds. The standard InChI is InChI=1S/C22H15Cl2N3O3/c23-18-10-14(13-27-22(29)26-20(28)12-25-27)11-19(24)21(18)30-17-8-6-16(7-9-17)15-4-2-1-3-5-15/h1-12H,13H2,(H,26,28,29). The molecule has 0 atom stereocenters. The van der Waals surface area contributed by atoms with Crippen molar-refractivity contribution in [2.75, 3.05) is 0 Å². The minimum Gasteiger partial charge on any atom is -0.454 e. The summed E-state index contributed by atoms with van der Waals surface area (Å²) in [5.74, 6) is 0.904. The van der Waals surface area contributed by atoms with Crippen molar-refractivity contribution in [3.05, 3.63) is 109 Å². The van der Waals surface area contributed by atoms with Crippen LogP contribution in [0.1, 0.15) is 5.56 Å². The van der Waals surface area contributed by atoms with E-state index in [9.17, 15) is 9.59 Å². The molecule has 150 valence electrons. The summed E-state index contributed by atoms with van der Waals surface area (Å²) >= 11 is 12.7. The molecule has 0 bridgehead atoms. The van der Waals surface area contributed by atoms with Gasteiger partial charge in [-0.1, -0.05) is 65.7 Å². The molecule has 1 N–H and O–H groups in total. The zero-order valence-corrected chi connectivity index (χ0v) is 17.0. The predicted molar refractivity (Wildman–Crippen MR) is 117 cm³/mol. The molecule has 6 nitrogen and oxygen atoms in total. The van der Waals surface area contributed by atoms with Gasteiger partial charge in [-0.2, -0.15) is 5.10 Å². The maximum atomic E-state index is 11.8. The molecule has 0 aliphatic rings. The van der Waals surface area contributed by atoms with E-state index in [2.05, 4.69) is 10.1 Å². The average molecular weight is 440 g/mol. The minimum atomic E-state index is -0.617. The highest BCUT2D eigenvalue weighted by atomic mass is 35.5. The monoisotopic (exact) mass is 439 g/mol. The van der Waals surface area contributed by atoms with E-state index in [0.717, 1.165) is 22.0 Å². The fraction of sp³-hybridized carbons (Fsp3) is 0.0455. The van der Waals surface area contributed by atoms with Crippen LogP contribution in [-0.4, -0.2) is 14.8 Å². The van der Waals surface area contributed by atoms with Crippen molar-refractivity contribution < 1.29 is 4.74 Å². The van der Waals surface area contributed by atoms with Crippen LogP contribution in [0.15, 0.2) is 82.5 Å². The number of aromatic amines is 1. The van der Waals surface area contributed by atoms with Crippen LogP contribution in [-0.2, 0) is 6.54 Å². The quantitative estimate of drug-likeness (QED) is 0.486. The Kier molecular flexibility index (Phi) is 5.70. The lowest BCUT2D eigenvalue weighted by molar-refractivity contribution is 0.482. The van der Waals surface area contributed by atoms with Gasteiger partial charge < -0.3 is 4.74 Å². The van der Waals surface area contributed by atoms with Crippen molar-refractivity contribution in [1.29, 1.82) is 0 Å². The normalized spacial score (nSPS) is 10.7. The lowest BCUT2D eigenvalue weighted by Gasteiger charge is -2.12. The Balaban J connectivity index is 1.55. The third kappa shape index (κ3) is 4.45. The van der Waals surface area contributed by atoms with Crippen molar-refractivity contribution in [1.82, 2.24) is 14.8 Å². The first-order valence-electron chi connectivity index (χ1n) is 8.97. The van der Waals surface area contributed by atoms with Crippen LogP contribution in [0.25, 0.3) is 11.1 Å². The summed E-state index contributed by atoms with van der Waals surface area (Å²) in [6.45, 7) is 0.0983. The predicted octanol–water partition coefficient (Wildman–Crippen LogP) is 4.75. The van der Waals surface area contributed by atoms with Crippen LogP contribution in [0.3, 0.4) is 0 Å². The van der Waals surface area contributed by atoms with Crippen molar-refractivity contribution in [3.8, 4) is 22.6 Å². The van der Waals surface area contributed by atoms with E-state index in [-0.39, 0.29) is 6.54 Å². The molecule has 30 heavy (non-hydrogen) atoms. The first-order chi connectivity index (χ1) is 14.5. The summed E-state index contributed by atoms with van der Waals surface area (Å²) in [5.41, 5.74) is 1.63. The Bertz CT molecular complexity index is 1280. The van der Waals surface area contributed by atoms with Crippen LogP contribution in [0, 0.1) is 0 Å². The summed E-state index contributed by atoms with van der Waals surface area (Å²) in [7, 11) is 0. The highest BCUT2D eigenvalue weighted by Crippen LogP contribution is 2.38. The van der Waals surface area contributed by atoms with E-state index in [1.54, 1.807) is 12.1 Å². The maximum absolute atomic E-state index is 11.8. The molecule has 0 unspecified atom stereocenters. The van der Waals surface area contributed by atoms with Crippen molar-refractivity contribution in [3.63, 3.8) is 0 Å². The van der Waals surface area contributed by atoms with Crippen molar-refractivity contribution in [2.24, 2.45) is 0 Å². The zero-order valence-electron chi connectivity index (χ0n) is 15.5. The molecular formula is C22H15Cl2N3O3. The van der Waals surface area contributed by atoms with E-state index in [1.165, 1.54) is 0 Å². The SMILES string of the molecule is O=c1cnn(Cc2cc(Cl)c(Oc3ccc(-c4ccccc4)cc3)c(Cl)c2)c(=O)[nH]1. The lowest BCUT2D eigenvalue weighted by Crippen LogP contribution is -2.31. The third-order valence-electron chi connectivity index (χ3n) is 4.35. The Labute approximate surface area is 181 Å².